The predicted octanol–water partition coefficient (Wildman–Crippen LogP) is 1.72. The van der Waals surface area contributed by atoms with E-state index in [4.69, 9.17) is 5.26 Å². The van der Waals surface area contributed by atoms with Crippen molar-refractivity contribution in [3.63, 3.8) is 0 Å². The Kier molecular flexibility index (Phi) is 5.79. The quantitative estimate of drug-likeness (QED) is 0.813. The Morgan fingerprint density at radius 1 is 1.11 bits per heavy atom. The van der Waals surface area contributed by atoms with E-state index in [1.165, 1.54) is 34.7 Å². The van der Waals surface area contributed by atoms with Gasteiger partial charge in [-0.3, -0.25) is 9.59 Å². The molecule has 1 aliphatic heterocycles. The van der Waals surface area contributed by atoms with Gasteiger partial charge in [0, 0.05) is 33.1 Å². The van der Waals surface area contributed by atoms with Gasteiger partial charge in [0.1, 0.15) is 6.07 Å². The van der Waals surface area contributed by atoms with Crippen LogP contribution in [-0.4, -0.2) is 55.6 Å². The smallest absolute Gasteiger partial charge is 0.264 e. The van der Waals surface area contributed by atoms with Crippen LogP contribution < -0.4 is 5.32 Å². The molecule has 2 heterocycles. The second-order valence-electron chi connectivity index (χ2n) is 6.15. The highest BCUT2D eigenvalue weighted by Crippen LogP contribution is 2.25. The van der Waals surface area contributed by atoms with Gasteiger partial charge in [0.25, 0.3) is 5.91 Å². The molecule has 0 atom stereocenters. The molecular weight excluding hydrogens is 400 g/mol. The molecule has 0 bridgehead atoms. The van der Waals surface area contributed by atoms with Gasteiger partial charge in [-0.05, 0) is 24.3 Å². The second kappa shape index (κ2) is 8.10. The first kappa shape index (κ1) is 20.0. The molecule has 1 N–H and O–H groups in total. The Bertz CT molecular complexity index is 1050. The molecule has 1 saturated heterocycles. The van der Waals surface area contributed by atoms with Crippen molar-refractivity contribution in [3.8, 4) is 6.07 Å². The molecule has 8 nitrogen and oxygen atoms in total. The molecule has 1 aromatic carbocycles. The van der Waals surface area contributed by atoms with Crippen molar-refractivity contribution in [2.24, 2.45) is 0 Å². The van der Waals surface area contributed by atoms with Gasteiger partial charge >= 0.3 is 0 Å². The third kappa shape index (κ3) is 4.06. The van der Waals surface area contributed by atoms with Crippen molar-refractivity contribution in [1.82, 2.24) is 9.21 Å². The van der Waals surface area contributed by atoms with Gasteiger partial charge in [-0.25, -0.2) is 8.42 Å². The molecule has 0 aliphatic carbocycles. The summed E-state index contributed by atoms with van der Waals surface area (Å²) < 4.78 is 27.0. The van der Waals surface area contributed by atoms with E-state index in [9.17, 15) is 18.0 Å². The summed E-state index contributed by atoms with van der Waals surface area (Å²) in [6.07, 6.45) is 0. The highest BCUT2D eigenvalue weighted by molar-refractivity contribution is 7.89. The van der Waals surface area contributed by atoms with Crippen molar-refractivity contribution >= 4 is 38.2 Å². The third-order valence-electron chi connectivity index (χ3n) is 4.27. The van der Waals surface area contributed by atoms with E-state index in [2.05, 4.69) is 5.32 Å². The van der Waals surface area contributed by atoms with Gasteiger partial charge in [0.15, 0.2) is 0 Å². The van der Waals surface area contributed by atoms with E-state index >= 15 is 0 Å². The summed E-state index contributed by atoms with van der Waals surface area (Å²) in [6.45, 7) is 2.20. The Hall–Kier alpha value is -2.74. The number of carbonyl (C=O) groups is 2. The van der Waals surface area contributed by atoms with Crippen molar-refractivity contribution in [2.45, 2.75) is 11.8 Å². The van der Waals surface area contributed by atoms with E-state index in [1.807, 2.05) is 6.07 Å². The fourth-order valence-corrected chi connectivity index (χ4v) is 5.39. The predicted molar refractivity (Wildman–Crippen MR) is 104 cm³/mol. The van der Waals surface area contributed by atoms with E-state index in [-0.39, 0.29) is 48.5 Å². The Morgan fingerprint density at radius 3 is 2.43 bits per heavy atom. The topological polar surface area (TPSA) is 111 Å². The molecule has 0 unspecified atom stereocenters. The molecule has 0 saturated carbocycles. The molecule has 146 valence electrons. The zero-order valence-corrected chi connectivity index (χ0v) is 16.7. The summed E-state index contributed by atoms with van der Waals surface area (Å²) in [6, 6.07) is 11.3. The molecule has 1 aliphatic rings. The Labute approximate surface area is 167 Å². The van der Waals surface area contributed by atoms with Gasteiger partial charge < -0.3 is 10.2 Å². The average molecular weight is 419 g/mol. The number of rotatable bonds is 4. The first-order valence-electron chi connectivity index (χ1n) is 8.49. The molecule has 0 radical (unpaired) electrons. The highest BCUT2D eigenvalue weighted by atomic mass is 32.2. The number of nitriles is 1. The van der Waals surface area contributed by atoms with E-state index in [0.29, 0.717) is 9.88 Å². The van der Waals surface area contributed by atoms with Crippen LogP contribution >= 0.6 is 11.3 Å². The first-order valence-corrected chi connectivity index (χ1v) is 10.7. The minimum Gasteiger partial charge on any atom is -0.335 e. The summed E-state index contributed by atoms with van der Waals surface area (Å²) in [4.78, 5) is 25.8. The molecule has 10 heteroatoms. The minimum atomic E-state index is -3.80. The number of nitrogens with one attached hydrogen (secondary N) is 1. The zero-order chi connectivity index (χ0) is 20.3. The number of piperazine rings is 1. The maximum absolute atomic E-state index is 12.9. The SMILES string of the molecule is CC(=O)Nc1ccc(C(=O)N2CCN(S(=O)(=O)c3ccccc3C#N)CC2)s1. The lowest BCUT2D eigenvalue weighted by Gasteiger charge is -2.33. The first-order chi connectivity index (χ1) is 13.3. The molecule has 1 aromatic heterocycles. The summed E-state index contributed by atoms with van der Waals surface area (Å²) in [5.74, 6) is -0.409. The van der Waals surface area contributed by atoms with Crippen molar-refractivity contribution in [1.29, 1.82) is 5.26 Å². The van der Waals surface area contributed by atoms with Crippen LogP contribution in [0.1, 0.15) is 22.2 Å². The highest BCUT2D eigenvalue weighted by Gasteiger charge is 2.32. The summed E-state index contributed by atoms with van der Waals surface area (Å²) in [5.41, 5.74) is 0.102. The average Bonchev–Trinajstić information content (AvgIpc) is 3.15. The van der Waals surface area contributed by atoms with Crippen molar-refractivity contribution < 1.29 is 18.0 Å². The summed E-state index contributed by atoms with van der Waals surface area (Å²) in [5, 5.41) is 12.4. The number of amides is 2. The van der Waals surface area contributed by atoms with Crippen LogP contribution in [-0.2, 0) is 14.8 Å². The number of thiophene rings is 1. The lowest BCUT2D eigenvalue weighted by molar-refractivity contribution is -0.114. The van der Waals surface area contributed by atoms with Gasteiger partial charge in [0.2, 0.25) is 15.9 Å². The van der Waals surface area contributed by atoms with Crippen LogP contribution in [0.5, 0.6) is 0 Å². The largest absolute Gasteiger partial charge is 0.335 e. The fraction of sp³-hybridized carbons (Fsp3) is 0.278. The van der Waals surface area contributed by atoms with Crippen LogP contribution in [0.3, 0.4) is 0 Å². The lowest BCUT2D eigenvalue weighted by atomic mass is 10.2. The molecule has 3 rings (SSSR count). The molecule has 1 fully saturated rings. The maximum Gasteiger partial charge on any atom is 0.264 e. The molecule has 2 amide bonds. The standard InChI is InChI=1S/C18H18N4O4S2/c1-13(23)20-17-7-6-15(27-17)18(24)21-8-10-22(11-9-21)28(25,26)16-5-3-2-4-14(16)12-19/h2-7H,8-11H2,1H3,(H,20,23). The number of carbonyl (C=O) groups excluding carboxylic acids is 2. The normalized spacial score (nSPS) is 15.1. The number of nitrogens with zero attached hydrogens (tertiary/aromatic N) is 3. The zero-order valence-electron chi connectivity index (χ0n) is 15.1. The Morgan fingerprint density at radius 2 is 1.79 bits per heavy atom. The number of benzene rings is 1. The van der Waals surface area contributed by atoms with E-state index in [0.717, 1.165) is 0 Å². The molecule has 0 spiro atoms. The summed E-state index contributed by atoms with van der Waals surface area (Å²) >= 11 is 1.18. The fourth-order valence-electron chi connectivity index (χ4n) is 2.90. The monoisotopic (exact) mass is 418 g/mol. The number of sulfonamides is 1. The summed E-state index contributed by atoms with van der Waals surface area (Å²) in [7, 11) is -3.80. The second-order valence-corrected chi connectivity index (χ2v) is 9.14. The third-order valence-corrected chi connectivity index (χ3v) is 7.21. The molecule has 2 aromatic rings. The minimum absolute atomic E-state index is 0.0181. The van der Waals surface area contributed by atoms with Crippen molar-refractivity contribution in [2.75, 3.05) is 31.5 Å². The molecule has 28 heavy (non-hydrogen) atoms. The number of anilines is 1. The van der Waals surface area contributed by atoms with Gasteiger partial charge in [-0.2, -0.15) is 9.57 Å². The van der Waals surface area contributed by atoms with Crippen LogP contribution in [0, 0.1) is 11.3 Å². The van der Waals surface area contributed by atoms with Gasteiger partial charge in [-0.15, -0.1) is 11.3 Å². The van der Waals surface area contributed by atoms with Crippen LogP contribution in [0.4, 0.5) is 5.00 Å². The van der Waals surface area contributed by atoms with Crippen LogP contribution in [0.25, 0.3) is 0 Å². The Balaban J connectivity index is 1.69. The van der Waals surface area contributed by atoms with E-state index in [1.54, 1.807) is 29.2 Å². The number of hydrogen-bond donors (Lipinski definition) is 1. The van der Waals surface area contributed by atoms with Gasteiger partial charge in [-0.1, -0.05) is 12.1 Å². The van der Waals surface area contributed by atoms with Gasteiger partial charge in [0.05, 0.1) is 20.3 Å². The van der Waals surface area contributed by atoms with E-state index < -0.39 is 10.0 Å². The maximum atomic E-state index is 12.9. The number of hydrogen-bond acceptors (Lipinski definition) is 6. The van der Waals surface area contributed by atoms with Crippen LogP contribution in [0.15, 0.2) is 41.3 Å². The van der Waals surface area contributed by atoms with Crippen molar-refractivity contribution in [3.05, 3.63) is 46.8 Å². The van der Waals surface area contributed by atoms with Crippen LogP contribution in [0.2, 0.25) is 0 Å². The molecular formula is C18H18N4O4S2. The lowest BCUT2D eigenvalue weighted by Crippen LogP contribution is -2.50.